The number of aromatic amines is 1. The van der Waals surface area contributed by atoms with E-state index in [-0.39, 0.29) is 0 Å². The highest BCUT2D eigenvalue weighted by molar-refractivity contribution is 6.31. The van der Waals surface area contributed by atoms with E-state index in [4.69, 9.17) is 11.6 Å². The maximum Gasteiger partial charge on any atom is 0.168 e. The molecule has 1 N–H and O–H groups in total. The van der Waals surface area contributed by atoms with Crippen LogP contribution in [-0.2, 0) is 0 Å². The zero-order valence-corrected chi connectivity index (χ0v) is 7.72. The van der Waals surface area contributed by atoms with E-state index >= 15 is 0 Å². The Hall–Kier alpha value is -1.35. The van der Waals surface area contributed by atoms with Gasteiger partial charge in [0.15, 0.2) is 6.29 Å². The van der Waals surface area contributed by atoms with Gasteiger partial charge in [0, 0.05) is 10.4 Å². The SMILES string of the molecule is Cc1cc(Cl)cc2n[nH]c(C=O)c12. The van der Waals surface area contributed by atoms with E-state index in [2.05, 4.69) is 10.2 Å². The molecule has 1 heterocycles. The molecule has 0 aliphatic carbocycles. The van der Waals surface area contributed by atoms with Gasteiger partial charge < -0.3 is 0 Å². The number of aldehydes is 1. The monoisotopic (exact) mass is 194 g/mol. The first kappa shape index (κ1) is 8.26. The Kier molecular flexibility index (Phi) is 1.81. The van der Waals surface area contributed by atoms with Crippen molar-refractivity contribution in [2.24, 2.45) is 0 Å². The normalized spacial score (nSPS) is 10.6. The van der Waals surface area contributed by atoms with Gasteiger partial charge >= 0.3 is 0 Å². The maximum atomic E-state index is 10.6. The van der Waals surface area contributed by atoms with Crippen LogP contribution in [-0.4, -0.2) is 16.5 Å². The summed E-state index contributed by atoms with van der Waals surface area (Å²) in [5.41, 5.74) is 2.19. The second kappa shape index (κ2) is 2.85. The number of hydrogen-bond acceptors (Lipinski definition) is 2. The third-order valence-corrected chi connectivity index (χ3v) is 2.18. The Labute approximate surface area is 79.7 Å². The summed E-state index contributed by atoms with van der Waals surface area (Å²) < 4.78 is 0. The Bertz CT molecular complexity index is 476. The summed E-state index contributed by atoms with van der Waals surface area (Å²) in [6.45, 7) is 1.90. The van der Waals surface area contributed by atoms with Crippen LogP contribution in [0.15, 0.2) is 12.1 Å². The van der Waals surface area contributed by atoms with Gasteiger partial charge in [-0.2, -0.15) is 5.10 Å². The molecular weight excluding hydrogens is 188 g/mol. The average molecular weight is 195 g/mol. The van der Waals surface area contributed by atoms with E-state index < -0.39 is 0 Å². The van der Waals surface area contributed by atoms with Gasteiger partial charge in [0.25, 0.3) is 0 Å². The third kappa shape index (κ3) is 1.21. The summed E-state index contributed by atoms with van der Waals surface area (Å²) in [7, 11) is 0. The lowest BCUT2D eigenvalue weighted by atomic mass is 10.1. The zero-order chi connectivity index (χ0) is 9.42. The van der Waals surface area contributed by atoms with Crippen LogP contribution < -0.4 is 0 Å². The molecule has 0 aliphatic heterocycles. The molecule has 4 heteroatoms. The zero-order valence-electron chi connectivity index (χ0n) is 6.97. The van der Waals surface area contributed by atoms with Crippen molar-refractivity contribution in [3.63, 3.8) is 0 Å². The molecule has 0 amide bonds. The van der Waals surface area contributed by atoms with E-state index in [0.717, 1.165) is 22.8 Å². The Morgan fingerprint density at radius 1 is 1.54 bits per heavy atom. The van der Waals surface area contributed by atoms with Gasteiger partial charge in [-0.15, -0.1) is 0 Å². The van der Waals surface area contributed by atoms with Gasteiger partial charge in [0.05, 0.1) is 5.52 Å². The molecule has 2 aromatic rings. The molecule has 0 aliphatic rings. The number of rotatable bonds is 1. The fraction of sp³-hybridized carbons (Fsp3) is 0.111. The second-order valence-electron chi connectivity index (χ2n) is 2.87. The van der Waals surface area contributed by atoms with Crippen molar-refractivity contribution in [1.29, 1.82) is 0 Å². The molecule has 0 fully saturated rings. The first-order valence-electron chi connectivity index (χ1n) is 3.82. The number of carbonyl (C=O) groups excluding carboxylic acids is 1. The number of nitrogens with one attached hydrogen (secondary N) is 1. The summed E-state index contributed by atoms with van der Waals surface area (Å²) in [6.07, 6.45) is 0.760. The van der Waals surface area contributed by atoms with Crippen LogP contribution in [0.25, 0.3) is 10.9 Å². The molecule has 0 saturated heterocycles. The van der Waals surface area contributed by atoms with E-state index in [1.54, 1.807) is 6.07 Å². The summed E-state index contributed by atoms with van der Waals surface area (Å²) in [6, 6.07) is 3.54. The number of halogens is 1. The van der Waals surface area contributed by atoms with Crippen molar-refractivity contribution in [2.45, 2.75) is 6.92 Å². The van der Waals surface area contributed by atoms with Crippen molar-refractivity contribution < 1.29 is 4.79 Å². The molecule has 66 valence electrons. The molecule has 0 radical (unpaired) electrons. The average Bonchev–Trinajstić information content (AvgIpc) is 2.47. The Balaban J connectivity index is 2.89. The van der Waals surface area contributed by atoms with Crippen LogP contribution in [0, 0.1) is 6.92 Å². The lowest BCUT2D eigenvalue weighted by Crippen LogP contribution is -1.82. The molecule has 0 saturated carbocycles. The number of fused-ring (bicyclic) bond motifs is 1. The molecule has 0 atom stereocenters. The van der Waals surface area contributed by atoms with Crippen molar-refractivity contribution in [1.82, 2.24) is 10.2 Å². The van der Waals surface area contributed by atoms with Gasteiger partial charge in [-0.25, -0.2) is 0 Å². The third-order valence-electron chi connectivity index (χ3n) is 1.96. The number of nitrogens with zero attached hydrogens (tertiary/aromatic N) is 1. The van der Waals surface area contributed by atoms with Crippen LogP contribution in [0.3, 0.4) is 0 Å². The summed E-state index contributed by atoms with van der Waals surface area (Å²) in [4.78, 5) is 10.6. The standard InChI is InChI=1S/C9H7ClN2O/c1-5-2-6(10)3-7-9(5)8(4-13)12-11-7/h2-4H,1H3,(H,11,12). The topological polar surface area (TPSA) is 45.8 Å². The molecule has 2 rings (SSSR count). The first-order chi connectivity index (χ1) is 6.22. The molecule has 3 nitrogen and oxygen atoms in total. The minimum absolute atomic E-state index is 0.504. The minimum atomic E-state index is 0.504. The van der Waals surface area contributed by atoms with Crippen LogP contribution in [0.4, 0.5) is 0 Å². The predicted molar refractivity (Wildman–Crippen MR) is 51.2 cm³/mol. The van der Waals surface area contributed by atoms with E-state index in [1.165, 1.54) is 0 Å². The molecule has 0 spiro atoms. The van der Waals surface area contributed by atoms with Gasteiger partial charge in [0.2, 0.25) is 0 Å². The van der Waals surface area contributed by atoms with E-state index in [1.807, 2.05) is 13.0 Å². The Morgan fingerprint density at radius 2 is 2.31 bits per heavy atom. The van der Waals surface area contributed by atoms with Crippen molar-refractivity contribution in [2.75, 3.05) is 0 Å². The van der Waals surface area contributed by atoms with Crippen LogP contribution in [0.5, 0.6) is 0 Å². The van der Waals surface area contributed by atoms with Crippen molar-refractivity contribution in [3.05, 3.63) is 28.4 Å². The fourth-order valence-corrected chi connectivity index (χ4v) is 1.69. The molecule has 0 unspecified atom stereocenters. The van der Waals surface area contributed by atoms with Gasteiger partial charge in [-0.1, -0.05) is 11.6 Å². The molecular formula is C9H7ClN2O. The van der Waals surface area contributed by atoms with Crippen LogP contribution >= 0.6 is 11.6 Å². The lowest BCUT2D eigenvalue weighted by Gasteiger charge is -1.96. The number of aromatic nitrogens is 2. The van der Waals surface area contributed by atoms with Gasteiger partial charge in [0.1, 0.15) is 5.69 Å². The summed E-state index contributed by atoms with van der Waals surface area (Å²) >= 11 is 5.83. The van der Waals surface area contributed by atoms with Gasteiger partial charge in [-0.3, -0.25) is 9.89 Å². The highest BCUT2D eigenvalue weighted by Gasteiger charge is 2.07. The number of H-pyrrole nitrogens is 1. The smallest absolute Gasteiger partial charge is 0.168 e. The van der Waals surface area contributed by atoms with E-state index in [0.29, 0.717) is 10.7 Å². The first-order valence-corrected chi connectivity index (χ1v) is 4.19. The van der Waals surface area contributed by atoms with E-state index in [9.17, 15) is 4.79 Å². The quantitative estimate of drug-likeness (QED) is 0.709. The summed E-state index contributed by atoms with van der Waals surface area (Å²) in [5.74, 6) is 0. The molecule has 0 bridgehead atoms. The lowest BCUT2D eigenvalue weighted by molar-refractivity contribution is 0.112. The maximum absolute atomic E-state index is 10.6. The van der Waals surface area contributed by atoms with Gasteiger partial charge in [-0.05, 0) is 24.6 Å². The molecule has 1 aromatic carbocycles. The van der Waals surface area contributed by atoms with Crippen molar-refractivity contribution >= 4 is 28.8 Å². The van der Waals surface area contributed by atoms with Crippen molar-refractivity contribution in [3.8, 4) is 0 Å². The molecule has 13 heavy (non-hydrogen) atoms. The summed E-state index contributed by atoms with van der Waals surface area (Å²) in [5, 5.41) is 8.11. The predicted octanol–water partition coefficient (Wildman–Crippen LogP) is 2.34. The van der Waals surface area contributed by atoms with Crippen LogP contribution in [0.2, 0.25) is 5.02 Å². The van der Waals surface area contributed by atoms with Crippen LogP contribution in [0.1, 0.15) is 16.1 Å². The highest BCUT2D eigenvalue weighted by Crippen LogP contribution is 2.23. The molecule has 1 aromatic heterocycles. The fourth-order valence-electron chi connectivity index (χ4n) is 1.43. The largest absolute Gasteiger partial charge is 0.296 e. The number of hydrogen-bond donors (Lipinski definition) is 1. The number of benzene rings is 1. The second-order valence-corrected chi connectivity index (χ2v) is 3.31. The number of aryl methyl sites for hydroxylation is 1. The minimum Gasteiger partial charge on any atom is -0.296 e. The number of carbonyl (C=O) groups is 1. The Morgan fingerprint density at radius 3 is 3.00 bits per heavy atom. The highest BCUT2D eigenvalue weighted by atomic mass is 35.5.